The molecule has 0 unspecified atom stereocenters. The largest absolute Gasteiger partial charge is 0.314 e. The minimum Gasteiger partial charge on any atom is -0.314 e. The molecule has 8 aromatic carbocycles. The molecule has 60 heavy (non-hydrogen) atoms. The molecular weight excluding hydrogens is 723 g/mol. The van der Waals surface area contributed by atoms with Crippen LogP contribution in [-0.2, 0) is 10.8 Å². The highest BCUT2D eigenvalue weighted by atomic mass is 15.1. The number of benzene rings is 8. The van der Waals surface area contributed by atoms with E-state index in [1.807, 2.05) is 0 Å². The molecule has 0 saturated carbocycles. The third kappa shape index (κ3) is 5.14. The Labute approximate surface area is 353 Å². The van der Waals surface area contributed by atoms with Crippen molar-refractivity contribution in [3.05, 3.63) is 245 Å². The number of fused-ring (bicyclic) bond motifs is 10. The molecule has 0 radical (unpaired) electrons. The summed E-state index contributed by atoms with van der Waals surface area (Å²) < 4.78 is 0. The minimum atomic E-state index is -0.582. The molecule has 0 N–H and O–H groups in total. The van der Waals surface area contributed by atoms with Gasteiger partial charge in [0.1, 0.15) is 0 Å². The van der Waals surface area contributed by atoms with E-state index in [9.17, 15) is 0 Å². The predicted octanol–water partition coefficient (Wildman–Crippen LogP) is 14.8. The van der Waals surface area contributed by atoms with Crippen LogP contribution in [0.25, 0.3) is 50.1 Å². The first-order valence-corrected chi connectivity index (χ1v) is 20.9. The van der Waals surface area contributed by atoms with Gasteiger partial charge in [-0.2, -0.15) is 0 Å². The Hall–Kier alpha value is -7.40. The van der Waals surface area contributed by atoms with E-state index in [4.69, 9.17) is 6.42 Å². The van der Waals surface area contributed by atoms with Crippen LogP contribution < -0.4 is 4.90 Å². The van der Waals surface area contributed by atoms with Crippen LogP contribution in [0.15, 0.2) is 211 Å². The number of allylic oxidation sites excluding steroid dienone is 4. The maximum Gasteiger partial charge on any atom is 0.0732 e. The molecule has 3 aliphatic carbocycles. The van der Waals surface area contributed by atoms with Gasteiger partial charge in [0.2, 0.25) is 0 Å². The lowest BCUT2D eigenvalue weighted by Gasteiger charge is -2.33. The van der Waals surface area contributed by atoms with Gasteiger partial charge in [-0.3, -0.25) is 0 Å². The first-order valence-electron chi connectivity index (χ1n) is 20.9. The highest BCUT2D eigenvalue weighted by molar-refractivity contribution is 6.00. The highest BCUT2D eigenvalue weighted by Crippen LogP contribution is 2.62. The summed E-state index contributed by atoms with van der Waals surface area (Å²) in [5.74, 6) is 3.24. The van der Waals surface area contributed by atoms with Gasteiger partial charge in [0.05, 0.1) is 5.41 Å². The van der Waals surface area contributed by atoms with Gasteiger partial charge in [-0.1, -0.05) is 184 Å². The van der Waals surface area contributed by atoms with E-state index in [1.165, 1.54) is 61.2 Å². The molecule has 11 rings (SSSR count). The number of rotatable bonds is 6. The Morgan fingerprint density at radius 2 is 0.900 bits per heavy atom. The molecule has 0 heterocycles. The average molecular weight is 766 g/mol. The van der Waals surface area contributed by atoms with Crippen LogP contribution in [0, 0.1) is 12.3 Å². The molecule has 1 nitrogen and oxygen atoms in total. The fourth-order valence-electron chi connectivity index (χ4n) is 10.7. The van der Waals surface area contributed by atoms with Crippen molar-refractivity contribution in [1.82, 2.24) is 0 Å². The highest BCUT2D eigenvalue weighted by Gasteiger charge is 2.52. The quantitative estimate of drug-likeness (QED) is 0.152. The van der Waals surface area contributed by atoms with Crippen molar-refractivity contribution < 1.29 is 0 Å². The Morgan fingerprint density at radius 3 is 1.45 bits per heavy atom. The fourth-order valence-corrected chi connectivity index (χ4v) is 10.7. The van der Waals surface area contributed by atoms with E-state index < -0.39 is 5.41 Å². The normalized spacial score (nSPS) is 14.9. The van der Waals surface area contributed by atoms with E-state index in [-0.39, 0.29) is 5.41 Å². The van der Waals surface area contributed by atoms with E-state index in [0.29, 0.717) is 0 Å². The second-order valence-electron chi connectivity index (χ2n) is 16.8. The van der Waals surface area contributed by atoms with E-state index in [2.05, 4.69) is 232 Å². The Bertz CT molecular complexity index is 3030. The summed E-state index contributed by atoms with van der Waals surface area (Å²) in [4.78, 5) is 2.46. The molecule has 284 valence electrons. The molecule has 0 amide bonds. The number of hydrogen-bond acceptors (Lipinski definition) is 1. The molecule has 3 aliphatic rings. The van der Waals surface area contributed by atoms with Crippen molar-refractivity contribution in [3.8, 4) is 56.9 Å². The smallest absolute Gasteiger partial charge is 0.0732 e. The maximum atomic E-state index is 6.65. The number of nitrogens with zero attached hydrogens (tertiary/aromatic N) is 1. The summed E-state index contributed by atoms with van der Waals surface area (Å²) in [7, 11) is 0. The van der Waals surface area contributed by atoms with Crippen molar-refractivity contribution in [1.29, 1.82) is 0 Å². The topological polar surface area (TPSA) is 3.24 Å². The fraction of sp³-hybridized carbons (Fsp3) is 0.0847. The SMILES string of the molecule is C#CC1=C(C=C(C)N(c2cc(-c3ccccc3)cc(-c3ccccc3)c2)c2ccc3c(c2)C(C)(C)c2ccccc2-3)C2(c3ccccc31)c1ccccc1-c1ccccc12. The van der Waals surface area contributed by atoms with Gasteiger partial charge >= 0.3 is 0 Å². The average Bonchev–Trinajstić information content (AvgIpc) is 3.84. The van der Waals surface area contributed by atoms with Crippen molar-refractivity contribution in [2.24, 2.45) is 0 Å². The van der Waals surface area contributed by atoms with Crippen LogP contribution in [0.5, 0.6) is 0 Å². The van der Waals surface area contributed by atoms with E-state index >= 15 is 0 Å². The van der Waals surface area contributed by atoms with E-state index in [0.717, 1.165) is 44.9 Å². The minimum absolute atomic E-state index is 0.167. The first-order chi connectivity index (χ1) is 29.4. The summed E-state index contributed by atoms with van der Waals surface area (Å²) in [6.07, 6.45) is 9.06. The zero-order chi connectivity index (χ0) is 40.6. The second kappa shape index (κ2) is 13.6. The van der Waals surface area contributed by atoms with Crippen LogP contribution in [0.4, 0.5) is 11.4 Å². The van der Waals surface area contributed by atoms with Gasteiger partial charge in [0.15, 0.2) is 0 Å². The maximum absolute atomic E-state index is 6.65. The lowest BCUT2D eigenvalue weighted by Crippen LogP contribution is -2.27. The third-order valence-corrected chi connectivity index (χ3v) is 13.3. The van der Waals surface area contributed by atoms with Gasteiger partial charge in [0, 0.05) is 28.1 Å². The third-order valence-electron chi connectivity index (χ3n) is 13.3. The molecule has 0 bridgehead atoms. The predicted molar refractivity (Wildman–Crippen MR) is 251 cm³/mol. The van der Waals surface area contributed by atoms with Crippen LogP contribution in [0.3, 0.4) is 0 Å². The summed E-state index contributed by atoms with van der Waals surface area (Å²) in [6, 6.07) is 71.0. The van der Waals surface area contributed by atoms with Gasteiger partial charge < -0.3 is 4.90 Å². The molecular formula is C59H43N. The van der Waals surface area contributed by atoms with Crippen LogP contribution in [-0.4, -0.2) is 0 Å². The monoisotopic (exact) mass is 765 g/mol. The summed E-state index contributed by atoms with van der Waals surface area (Å²) in [6.45, 7) is 6.97. The molecule has 0 aromatic heterocycles. The summed E-state index contributed by atoms with van der Waals surface area (Å²) in [5.41, 5.74) is 21.9. The van der Waals surface area contributed by atoms with Gasteiger partial charge in [-0.15, -0.1) is 6.42 Å². The second-order valence-corrected chi connectivity index (χ2v) is 16.8. The lowest BCUT2D eigenvalue weighted by molar-refractivity contribution is 0.660. The molecule has 8 aromatic rings. The lowest BCUT2D eigenvalue weighted by atomic mass is 9.69. The van der Waals surface area contributed by atoms with Crippen molar-refractivity contribution in [3.63, 3.8) is 0 Å². The number of anilines is 2. The Morgan fingerprint density at radius 1 is 0.450 bits per heavy atom. The standard InChI is InChI=1S/C59H43N/c1-5-46-47-24-13-17-29-53(47)59(54-30-18-14-26-49(54)50-27-15-19-31-55(50)59)57(46)34-39(2)60(44-32-33-51-48-25-12-16-28-52(48)58(3,4)56(51)38-44)45-36-42(40-20-8-6-9-21-40)35-43(37-45)41-22-10-7-11-23-41/h1,6-38H,2-4H3. The number of terminal acetylenes is 1. The van der Waals surface area contributed by atoms with Gasteiger partial charge in [-0.25, -0.2) is 0 Å². The molecule has 0 aliphatic heterocycles. The zero-order valence-electron chi connectivity index (χ0n) is 34.1. The Balaban J connectivity index is 1.19. The number of hydrogen-bond donors (Lipinski definition) is 0. The molecule has 0 atom stereocenters. The zero-order valence-corrected chi connectivity index (χ0v) is 34.1. The van der Waals surface area contributed by atoms with Gasteiger partial charge in [-0.05, 0) is 127 Å². The summed E-state index contributed by atoms with van der Waals surface area (Å²) in [5, 5.41) is 0. The van der Waals surface area contributed by atoms with Crippen molar-refractivity contribution in [2.75, 3.05) is 4.90 Å². The molecule has 1 spiro atoms. The molecule has 0 saturated heterocycles. The Kier molecular flexibility index (Phi) is 8.09. The van der Waals surface area contributed by atoms with E-state index in [1.54, 1.807) is 0 Å². The molecule has 1 heteroatoms. The van der Waals surface area contributed by atoms with Crippen LogP contribution >= 0.6 is 0 Å². The first kappa shape index (κ1) is 35.7. The van der Waals surface area contributed by atoms with Crippen molar-refractivity contribution >= 4 is 16.9 Å². The van der Waals surface area contributed by atoms with Gasteiger partial charge in [0.25, 0.3) is 0 Å². The van der Waals surface area contributed by atoms with Crippen molar-refractivity contribution in [2.45, 2.75) is 31.6 Å². The molecule has 0 fully saturated rings. The van der Waals surface area contributed by atoms with Crippen LogP contribution in [0.1, 0.15) is 54.2 Å². The van der Waals surface area contributed by atoms with Crippen LogP contribution in [0.2, 0.25) is 0 Å². The summed E-state index contributed by atoms with van der Waals surface area (Å²) >= 11 is 0.